The van der Waals surface area contributed by atoms with Crippen LogP contribution in [0.15, 0.2) is 48.5 Å². The Labute approximate surface area is 177 Å². The van der Waals surface area contributed by atoms with E-state index in [1.54, 1.807) is 0 Å². The third kappa shape index (κ3) is 4.93. The Morgan fingerprint density at radius 3 is 2.27 bits per heavy atom. The first-order valence-electron chi connectivity index (χ1n) is 10.7. The van der Waals surface area contributed by atoms with Gasteiger partial charge in [0.15, 0.2) is 5.75 Å². The van der Waals surface area contributed by atoms with Gasteiger partial charge in [-0.25, -0.2) is 0 Å². The number of hydrogen-bond acceptors (Lipinski definition) is 4. The van der Waals surface area contributed by atoms with E-state index in [9.17, 15) is 9.59 Å². The lowest BCUT2D eigenvalue weighted by Crippen LogP contribution is -2.42. The average Bonchev–Trinajstić information content (AvgIpc) is 3.62. The van der Waals surface area contributed by atoms with Gasteiger partial charge in [-0.3, -0.25) is 9.59 Å². The van der Waals surface area contributed by atoms with Crippen molar-refractivity contribution in [3.05, 3.63) is 48.5 Å². The standard InChI is InChI=1S/C24H28N2O4/c1-2-29-19-9-11-20(12-10-19)30-22-6-4-3-5-21(22)25-23(27)17-13-15-26(16-14-17)24(28)18-7-8-18/h3-6,9-12,17-18H,2,7-8,13-16H2,1H3,(H,25,27). The number of benzene rings is 2. The molecule has 1 N–H and O–H groups in total. The van der Waals surface area contributed by atoms with Crippen LogP contribution in [0.5, 0.6) is 17.2 Å². The summed E-state index contributed by atoms with van der Waals surface area (Å²) in [6, 6.07) is 14.8. The van der Waals surface area contributed by atoms with E-state index in [0.29, 0.717) is 49.7 Å². The smallest absolute Gasteiger partial charge is 0.227 e. The number of hydrogen-bond donors (Lipinski definition) is 1. The molecule has 2 aliphatic rings. The number of amides is 2. The Morgan fingerprint density at radius 2 is 1.60 bits per heavy atom. The second-order valence-electron chi connectivity index (χ2n) is 7.87. The van der Waals surface area contributed by atoms with Crippen LogP contribution in [0.1, 0.15) is 32.6 Å². The number of piperidine rings is 1. The number of nitrogens with one attached hydrogen (secondary N) is 1. The summed E-state index contributed by atoms with van der Waals surface area (Å²) in [6.45, 7) is 3.89. The molecule has 6 nitrogen and oxygen atoms in total. The summed E-state index contributed by atoms with van der Waals surface area (Å²) in [5.74, 6) is 2.45. The van der Waals surface area contributed by atoms with Crippen molar-refractivity contribution in [2.45, 2.75) is 32.6 Å². The largest absolute Gasteiger partial charge is 0.494 e. The zero-order valence-electron chi connectivity index (χ0n) is 17.3. The van der Waals surface area contributed by atoms with Gasteiger partial charge in [0.25, 0.3) is 0 Å². The van der Waals surface area contributed by atoms with Crippen molar-refractivity contribution >= 4 is 17.5 Å². The van der Waals surface area contributed by atoms with E-state index in [-0.39, 0.29) is 23.7 Å². The van der Waals surface area contributed by atoms with Crippen LogP contribution in [-0.2, 0) is 9.59 Å². The number of ether oxygens (including phenoxy) is 2. The molecule has 1 aliphatic heterocycles. The summed E-state index contributed by atoms with van der Waals surface area (Å²) in [7, 11) is 0. The molecule has 4 rings (SSSR count). The van der Waals surface area contributed by atoms with Crippen LogP contribution in [-0.4, -0.2) is 36.4 Å². The second-order valence-corrected chi connectivity index (χ2v) is 7.87. The fourth-order valence-electron chi connectivity index (χ4n) is 3.74. The highest BCUT2D eigenvalue weighted by Crippen LogP contribution is 2.34. The summed E-state index contributed by atoms with van der Waals surface area (Å²) >= 11 is 0. The molecule has 0 bridgehead atoms. The summed E-state index contributed by atoms with van der Waals surface area (Å²) in [6.07, 6.45) is 3.44. The monoisotopic (exact) mass is 408 g/mol. The molecule has 2 aromatic rings. The molecule has 1 saturated carbocycles. The summed E-state index contributed by atoms with van der Waals surface area (Å²) in [4.78, 5) is 27.0. The zero-order chi connectivity index (χ0) is 20.9. The van der Waals surface area contributed by atoms with Crippen molar-refractivity contribution in [2.75, 3.05) is 25.0 Å². The average molecular weight is 408 g/mol. The second kappa shape index (κ2) is 9.20. The van der Waals surface area contributed by atoms with Gasteiger partial charge < -0.3 is 19.7 Å². The van der Waals surface area contributed by atoms with Crippen molar-refractivity contribution in [1.82, 2.24) is 4.90 Å². The van der Waals surface area contributed by atoms with Crippen LogP contribution in [0.25, 0.3) is 0 Å². The Hall–Kier alpha value is -3.02. The van der Waals surface area contributed by atoms with E-state index in [1.165, 1.54) is 0 Å². The molecule has 1 heterocycles. The minimum absolute atomic E-state index is 0.0173. The third-order valence-electron chi connectivity index (χ3n) is 5.61. The Kier molecular flexibility index (Phi) is 6.21. The van der Waals surface area contributed by atoms with E-state index in [4.69, 9.17) is 9.47 Å². The third-order valence-corrected chi connectivity index (χ3v) is 5.61. The van der Waals surface area contributed by atoms with Crippen LogP contribution in [0, 0.1) is 11.8 Å². The summed E-state index contributed by atoms with van der Waals surface area (Å²) in [5, 5.41) is 3.02. The SMILES string of the molecule is CCOc1ccc(Oc2ccccc2NC(=O)C2CCN(C(=O)C3CC3)CC2)cc1. The van der Waals surface area contributed by atoms with Gasteiger partial charge in [0.2, 0.25) is 11.8 Å². The lowest BCUT2D eigenvalue weighted by Gasteiger charge is -2.31. The topological polar surface area (TPSA) is 67.9 Å². The maximum Gasteiger partial charge on any atom is 0.227 e. The fraction of sp³-hybridized carbons (Fsp3) is 0.417. The van der Waals surface area contributed by atoms with E-state index >= 15 is 0 Å². The number of rotatable bonds is 7. The number of para-hydroxylation sites is 2. The van der Waals surface area contributed by atoms with E-state index in [1.807, 2.05) is 60.4 Å². The van der Waals surface area contributed by atoms with Gasteiger partial charge in [-0.2, -0.15) is 0 Å². The quantitative estimate of drug-likeness (QED) is 0.734. The molecule has 30 heavy (non-hydrogen) atoms. The molecular weight excluding hydrogens is 380 g/mol. The van der Waals surface area contributed by atoms with Gasteiger partial charge in [0, 0.05) is 24.9 Å². The summed E-state index contributed by atoms with van der Waals surface area (Å²) in [5.41, 5.74) is 0.646. The van der Waals surface area contributed by atoms with Gasteiger partial charge >= 0.3 is 0 Å². The van der Waals surface area contributed by atoms with E-state index in [2.05, 4.69) is 5.32 Å². The molecule has 2 amide bonds. The van der Waals surface area contributed by atoms with Crippen LogP contribution < -0.4 is 14.8 Å². The van der Waals surface area contributed by atoms with E-state index < -0.39 is 0 Å². The van der Waals surface area contributed by atoms with Crippen molar-refractivity contribution in [3.8, 4) is 17.2 Å². The van der Waals surface area contributed by atoms with Crippen LogP contribution in [0.3, 0.4) is 0 Å². The highest BCUT2D eigenvalue weighted by atomic mass is 16.5. The van der Waals surface area contributed by atoms with Gasteiger partial charge in [-0.1, -0.05) is 12.1 Å². The number of carbonyl (C=O) groups is 2. The maximum atomic E-state index is 12.8. The van der Waals surface area contributed by atoms with Crippen molar-refractivity contribution in [1.29, 1.82) is 0 Å². The predicted molar refractivity (Wildman–Crippen MR) is 115 cm³/mol. The highest BCUT2D eigenvalue weighted by Gasteiger charge is 2.36. The summed E-state index contributed by atoms with van der Waals surface area (Å²) < 4.78 is 11.4. The van der Waals surface area contributed by atoms with Crippen LogP contribution in [0.4, 0.5) is 5.69 Å². The van der Waals surface area contributed by atoms with Crippen LogP contribution >= 0.6 is 0 Å². The zero-order valence-corrected chi connectivity index (χ0v) is 17.3. The Bertz CT molecular complexity index is 884. The van der Waals surface area contributed by atoms with Gasteiger partial charge in [0.05, 0.1) is 12.3 Å². The Balaban J connectivity index is 1.35. The number of carbonyl (C=O) groups excluding carboxylic acids is 2. The molecule has 158 valence electrons. The Morgan fingerprint density at radius 1 is 0.933 bits per heavy atom. The fourth-order valence-corrected chi connectivity index (χ4v) is 3.74. The first-order valence-corrected chi connectivity index (χ1v) is 10.7. The molecule has 2 fully saturated rings. The molecule has 6 heteroatoms. The molecule has 0 atom stereocenters. The number of anilines is 1. The minimum Gasteiger partial charge on any atom is -0.494 e. The van der Waals surface area contributed by atoms with Gasteiger partial charge in [0.1, 0.15) is 11.5 Å². The van der Waals surface area contributed by atoms with E-state index in [0.717, 1.165) is 18.6 Å². The molecular formula is C24H28N2O4. The maximum absolute atomic E-state index is 12.8. The lowest BCUT2D eigenvalue weighted by molar-refractivity contribution is -0.135. The molecule has 0 spiro atoms. The van der Waals surface area contributed by atoms with Crippen molar-refractivity contribution in [2.24, 2.45) is 11.8 Å². The van der Waals surface area contributed by atoms with Gasteiger partial charge in [-0.05, 0) is 69.0 Å². The lowest BCUT2D eigenvalue weighted by atomic mass is 9.95. The van der Waals surface area contributed by atoms with Crippen molar-refractivity contribution in [3.63, 3.8) is 0 Å². The van der Waals surface area contributed by atoms with Crippen molar-refractivity contribution < 1.29 is 19.1 Å². The predicted octanol–water partition coefficient (Wildman–Crippen LogP) is 4.46. The molecule has 1 aliphatic carbocycles. The molecule has 2 aromatic carbocycles. The molecule has 0 radical (unpaired) electrons. The molecule has 1 saturated heterocycles. The normalized spacial score (nSPS) is 16.8. The molecule has 0 aromatic heterocycles. The first kappa shape index (κ1) is 20.3. The minimum atomic E-state index is -0.0909. The molecule has 0 unspecified atom stereocenters. The first-order chi connectivity index (χ1) is 14.6. The van der Waals surface area contributed by atoms with Gasteiger partial charge in [-0.15, -0.1) is 0 Å². The number of nitrogens with zero attached hydrogens (tertiary/aromatic N) is 1. The van der Waals surface area contributed by atoms with Crippen LogP contribution in [0.2, 0.25) is 0 Å². The highest BCUT2D eigenvalue weighted by molar-refractivity contribution is 5.94. The number of likely N-dealkylation sites (tertiary alicyclic amines) is 1.